The van der Waals surface area contributed by atoms with Crippen LogP contribution in [0.4, 0.5) is 5.69 Å². The fourth-order valence-electron chi connectivity index (χ4n) is 4.10. The molecule has 4 rings (SSSR count). The Morgan fingerprint density at radius 2 is 1.67 bits per heavy atom. The number of fused-ring (bicyclic) bond motifs is 2. The molecule has 2 aromatic carbocycles. The van der Waals surface area contributed by atoms with Gasteiger partial charge < -0.3 is 9.64 Å². The molecule has 5 nitrogen and oxygen atoms in total. The van der Waals surface area contributed by atoms with Gasteiger partial charge in [0.15, 0.2) is 6.10 Å². The van der Waals surface area contributed by atoms with Crippen LogP contribution in [0.25, 0.3) is 10.9 Å². The van der Waals surface area contributed by atoms with E-state index in [0.717, 1.165) is 60.0 Å². The highest BCUT2D eigenvalue weighted by Gasteiger charge is 2.27. The lowest BCUT2D eigenvalue weighted by atomic mass is 9.97. The minimum atomic E-state index is -0.893. The molecule has 0 saturated carbocycles. The first-order valence-corrected chi connectivity index (χ1v) is 10.5. The number of benzene rings is 2. The van der Waals surface area contributed by atoms with Crippen molar-refractivity contribution in [3.05, 3.63) is 71.4 Å². The third kappa shape index (κ3) is 3.92. The number of ether oxygens (including phenoxy) is 1. The summed E-state index contributed by atoms with van der Waals surface area (Å²) < 4.78 is 5.70. The average Bonchev–Trinajstić information content (AvgIpc) is 3.02. The van der Waals surface area contributed by atoms with Crippen LogP contribution in [-0.4, -0.2) is 30.0 Å². The number of carbonyl (C=O) groups excluding carboxylic acids is 2. The molecule has 3 aromatic rings. The molecule has 0 saturated heterocycles. The van der Waals surface area contributed by atoms with E-state index in [-0.39, 0.29) is 5.91 Å². The van der Waals surface area contributed by atoms with Gasteiger partial charge in [0.1, 0.15) is 0 Å². The number of nitrogens with zero attached hydrogens (tertiary/aromatic N) is 2. The molecule has 0 N–H and O–H groups in total. The van der Waals surface area contributed by atoms with Crippen LogP contribution in [-0.2, 0) is 22.4 Å². The molecule has 1 aromatic heterocycles. The summed E-state index contributed by atoms with van der Waals surface area (Å²) in [5, 5.41) is 0.791. The first-order valence-electron chi connectivity index (χ1n) is 10.5. The molecule has 0 spiro atoms. The third-order valence-corrected chi connectivity index (χ3v) is 5.73. The minimum Gasteiger partial charge on any atom is -0.449 e. The molecule has 154 valence electrons. The number of carbonyl (C=O) groups is 2. The summed E-state index contributed by atoms with van der Waals surface area (Å²) in [6, 6.07) is 17.0. The summed E-state index contributed by atoms with van der Waals surface area (Å²) in [6.07, 6.45) is 4.01. The molecule has 1 aliphatic rings. The number of aromatic nitrogens is 1. The van der Waals surface area contributed by atoms with E-state index < -0.39 is 12.1 Å². The van der Waals surface area contributed by atoms with Crippen LogP contribution >= 0.6 is 0 Å². The topological polar surface area (TPSA) is 59.5 Å². The van der Waals surface area contributed by atoms with Crippen LogP contribution in [0.2, 0.25) is 0 Å². The zero-order valence-corrected chi connectivity index (χ0v) is 17.4. The van der Waals surface area contributed by atoms with Crippen LogP contribution in [0.1, 0.15) is 47.8 Å². The smallest absolute Gasteiger partial charge is 0.339 e. The maximum absolute atomic E-state index is 13.3. The number of amides is 1. The number of likely N-dealkylation sites (N-methyl/N-ethyl adjacent to an activating group) is 1. The molecule has 0 bridgehead atoms. The number of rotatable bonds is 4. The van der Waals surface area contributed by atoms with Gasteiger partial charge in [0.25, 0.3) is 5.91 Å². The Balaban J connectivity index is 1.64. The molecular weight excluding hydrogens is 376 g/mol. The average molecular weight is 402 g/mol. The lowest BCUT2D eigenvalue weighted by Crippen LogP contribution is -2.37. The predicted molar refractivity (Wildman–Crippen MR) is 118 cm³/mol. The third-order valence-electron chi connectivity index (χ3n) is 5.73. The molecule has 1 atom stereocenters. The Labute approximate surface area is 176 Å². The van der Waals surface area contributed by atoms with E-state index in [2.05, 4.69) is 0 Å². The SMILES string of the molecule is C[C@@H](OC(=O)c1c2c(nc3ccccc13)CCCCC2)C(=O)N(C)c1ccccc1. The van der Waals surface area contributed by atoms with Gasteiger partial charge in [-0.2, -0.15) is 0 Å². The van der Waals surface area contributed by atoms with E-state index in [1.807, 2.05) is 54.6 Å². The van der Waals surface area contributed by atoms with Crippen molar-refractivity contribution >= 4 is 28.5 Å². The molecule has 5 heteroatoms. The van der Waals surface area contributed by atoms with Crippen molar-refractivity contribution in [2.24, 2.45) is 0 Å². The van der Waals surface area contributed by atoms with Gasteiger partial charge in [0, 0.05) is 23.8 Å². The zero-order chi connectivity index (χ0) is 21.1. The summed E-state index contributed by atoms with van der Waals surface area (Å²) >= 11 is 0. The van der Waals surface area contributed by atoms with Crippen LogP contribution < -0.4 is 4.90 Å². The quantitative estimate of drug-likeness (QED) is 0.468. The molecule has 1 aliphatic carbocycles. The van der Waals surface area contributed by atoms with E-state index in [0.29, 0.717) is 5.56 Å². The summed E-state index contributed by atoms with van der Waals surface area (Å²) in [5.41, 5.74) is 4.09. The normalized spacial score (nSPS) is 14.5. The summed E-state index contributed by atoms with van der Waals surface area (Å²) in [7, 11) is 1.69. The summed E-state index contributed by atoms with van der Waals surface area (Å²) in [4.78, 5) is 32.5. The van der Waals surface area contributed by atoms with Crippen molar-refractivity contribution in [1.29, 1.82) is 0 Å². The second-order valence-electron chi connectivity index (χ2n) is 7.77. The summed E-state index contributed by atoms with van der Waals surface area (Å²) in [5.74, 6) is -0.715. The van der Waals surface area contributed by atoms with Crippen molar-refractivity contribution in [2.75, 3.05) is 11.9 Å². The van der Waals surface area contributed by atoms with E-state index in [4.69, 9.17) is 9.72 Å². The number of anilines is 1. The van der Waals surface area contributed by atoms with Gasteiger partial charge in [-0.05, 0) is 56.4 Å². The fourth-order valence-corrected chi connectivity index (χ4v) is 4.10. The van der Waals surface area contributed by atoms with E-state index >= 15 is 0 Å². The van der Waals surface area contributed by atoms with E-state index in [9.17, 15) is 9.59 Å². The monoisotopic (exact) mass is 402 g/mol. The Bertz CT molecular complexity index is 1080. The first-order chi connectivity index (χ1) is 14.6. The van der Waals surface area contributed by atoms with Crippen molar-refractivity contribution in [3.63, 3.8) is 0 Å². The molecule has 0 unspecified atom stereocenters. The maximum atomic E-state index is 13.3. The van der Waals surface area contributed by atoms with Crippen LogP contribution in [0.3, 0.4) is 0 Å². The highest BCUT2D eigenvalue weighted by atomic mass is 16.5. The van der Waals surface area contributed by atoms with Gasteiger partial charge in [-0.25, -0.2) is 4.79 Å². The van der Waals surface area contributed by atoms with Crippen LogP contribution in [0.5, 0.6) is 0 Å². The van der Waals surface area contributed by atoms with Gasteiger partial charge in [0.05, 0.1) is 11.1 Å². The molecule has 0 radical (unpaired) electrons. The standard InChI is InChI=1S/C25H26N2O3/c1-17(24(28)27(2)18-11-5-3-6-12-18)30-25(29)23-19-13-7-4-8-15-21(19)26-22-16-10-9-14-20(22)23/h3,5-6,9-12,14,16-17H,4,7-8,13,15H2,1-2H3/t17-/m1/s1. The Morgan fingerprint density at radius 1 is 0.967 bits per heavy atom. The Kier molecular flexibility index (Phi) is 5.79. The second kappa shape index (κ2) is 8.66. The van der Waals surface area contributed by atoms with Crippen molar-refractivity contribution in [3.8, 4) is 0 Å². The minimum absolute atomic E-state index is 0.265. The van der Waals surface area contributed by atoms with Crippen molar-refractivity contribution in [1.82, 2.24) is 4.98 Å². The fraction of sp³-hybridized carbons (Fsp3) is 0.320. The molecule has 0 aliphatic heterocycles. The van der Waals surface area contributed by atoms with E-state index in [1.165, 1.54) is 4.90 Å². The molecular formula is C25H26N2O3. The van der Waals surface area contributed by atoms with Crippen molar-refractivity contribution in [2.45, 2.75) is 45.1 Å². The van der Waals surface area contributed by atoms with Gasteiger partial charge in [-0.3, -0.25) is 9.78 Å². The molecule has 1 amide bonds. The highest BCUT2D eigenvalue weighted by Crippen LogP contribution is 2.29. The Hall–Kier alpha value is -3.21. The highest BCUT2D eigenvalue weighted by molar-refractivity contribution is 6.06. The number of hydrogen-bond acceptors (Lipinski definition) is 4. The number of hydrogen-bond donors (Lipinski definition) is 0. The van der Waals surface area contributed by atoms with Gasteiger partial charge in [-0.15, -0.1) is 0 Å². The van der Waals surface area contributed by atoms with Gasteiger partial charge >= 0.3 is 5.97 Å². The van der Waals surface area contributed by atoms with Crippen LogP contribution in [0.15, 0.2) is 54.6 Å². The van der Waals surface area contributed by atoms with Crippen molar-refractivity contribution < 1.29 is 14.3 Å². The number of para-hydroxylation sites is 2. The predicted octanol–water partition coefficient (Wildman–Crippen LogP) is 4.71. The van der Waals surface area contributed by atoms with E-state index in [1.54, 1.807) is 14.0 Å². The lowest BCUT2D eigenvalue weighted by molar-refractivity contribution is -0.126. The molecule has 30 heavy (non-hydrogen) atoms. The molecule has 1 heterocycles. The zero-order valence-electron chi connectivity index (χ0n) is 17.4. The number of aryl methyl sites for hydroxylation is 1. The lowest BCUT2D eigenvalue weighted by Gasteiger charge is -2.22. The second-order valence-corrected chi connectivity index (χ2v) is 7.77. The summed E-state index contributed by atoms with van der Waals surface area (Å²) in [6.45, 7) is 1.63. The number of esters is 1. The number of pyridine rings is 1. The first kappa shape index (κ1) is 20.1. The maximum Gasteiger partial charge on any atom is 0.339 e. The van der Waals surface area contributed by atoms with Gasteiger partial charge in [0.2, 0.25) is 0 Å². The van der Waals surface area contributed by atoms with Crippen LogP contribution in [0, 0.1) is 0 Å². The molecule has 0 fully saturated rings. The van der Waals surface area contributed by atoms with Gasteiger partial charge in [-0.1, -0.05) is 42.8 Å². The Morgan fingerprint density at radius 3 is 2.47 bits per heavy atom. The largest absolute Gasteiger partial charge is 0.449 e.